The molecule has 3 saturated heterocycles. The maximum absolute atomic E-state index is 14.4. The molecule has 3 aliphatic heterocycles. The van der Waals surface area contributed by atoms with Crippen LogP contribution >= 0.6 is 11.3 Å². The number of hydrogen-bond acceptors (Lipinski definition) is 8. The number of aromatic nitrogens is 2. The number of piperazine rings is 1. The van der Waals surface area contributed by atoms with Crippen molar-refractivity contribution in [1.29, 1.82) is 0 Å². The number of anilines is 1. The van der Waals surface area contributed by atoms with Gasteiger partial charge in [-0.3, -0.25) is 0 Å². The zero-order chi connectivity index (χ0) is 24.5. The summed E-state index contributed by atoms with van der Waals surface area (Å²) in [6, 6.07) is 3.88. The lowest BCUT2D eigenvalue weighted by molar-refractivity contribution is -0.276. The lowest BCUT2D eigenvalue weighted by Gasteiger charge is -2.47. The molecular formula is C23H27F3N4O3S. The fraction of sp³-hybridized carbons (Fsp3) is 0.565. The number of benzene rings is 1. The highest BCUT2D eigenvalue weighted by atomic mass is 32.1. The van der Waals surface area contributed by atoms with E-state index >= 15 is 0 Å². The molecule has 0 radical (unpaired) electrons. The van der Waals surface area contributed by atoms with E-state index in [0.717, 1.165) is 6.42 Å². The molecule has 0 spiro atoms. The quantitative estimate of drug-likeness (QED) is 0.513. The number of ether oxygens (including phenoxy) is 1. The van der Waals surface area contributed by atoms with E-state index in [-0.39, 0.29) is 16.7 Å². The topological polar surface area (TPSA) is 83.7 Å². The molecule has 6 rings (SSSR count). The van der Waals surface area contributed by atoms with Crippen molar-refractivity contribution >= 4 is 28.5 Å². The van der Waals surface area contributed by atoms with Crippen LogP contribution < -0.4 is 10.2 Å². The summed E-state index contributed by atoms with van der Waals surface area (Å²) in [4.78, 5) is 10.8. The molecule has 0 aliphatic carbocycles. The number of thiazole rings is 1. The maximum Gasteiger partial charge on any atom is 0.418 e. The molecule has 3 atom stereocenters. The first kappa shape index (κ1) is 23.5. The highest BCUT2D eigenvalue weighted by Gasteiger charge is 2.49. The molecular weight excluding hydrogens is 469 g/mol. The zero-order valence-electron chi connectivity index (χ0n) is 19.3. The minimum atomic E-state index is -4.74. The summed E-state index contributed by atoms with van der Waals surface area (Å²) in [5, 5.41) is 16.3. The number of aliphatic hydroxyl groups is 1. The minimum absolute atomic E-state index is 0.0868. The van der Waals surface area contributed by atoms with Crippen LogP contribution in [0.15, 0.2) is 28.1 Å². The summed E-state index contributed by atoms with van der Waals surface area (Å²) in [5.74, 6) is 0. The molecule has 5 heterocycles. The Morgan fingerprint density at radius 1 is 1.21 bits per heavy atom. The predicted octanol–water partition coefficient (Wildman–Crippen LogP) is 4.67. The molecule has 2 N–H and O–H groups in total. The lowest BCUT2D eigenvalue weighted by Crippen LogP contribution is -2.67. The summed E-state index contributed by atoms with van der Waals surface area (Å²) in [7, 11) is 0. The van der Waals surface area contributed by atoms with Crippen molar-refractivity contribution in [3.8, 4) is 10.6 Å². The van der Waals surface area contributed by atoms with Crippen molar-refractivity contribution in [3.05, 3.63) is 29.3 Å². The van der Waals surface area contributed by atoms with Crippen LogP contribution in [0.25, 0.3) is 21.7 Å². The van der Waals surface area contributed by atoms with Gasteiger partial charge in [0.15, 0.2) is 11.7 Å². The predicted molar refractivity (Wildman–Crippen MR) is 123 cm³/mol. The van der Waals surface area contributed by atoms with Gasteiger partial charge in [-0.2, -0.15) is 18.2 Å². The number of nitrogens with one attached hydrogen (secondary N) is 1. The molecule has 34 heavy (non-hydrogen) atoms. The van der Waals surface area contributed by atoms with Gasteiger partial charge in [-0.25, -0.2) is 4.98 Å². The van der Waals surface area contributed by atoms with Crippen LogP contribution in [0.3, 0.4) is 0 Å². The molecule has 3 fully saturated rings. The van der Waals surface area contributed by atoms with E-state index in [1.54, 1.807) is 17.6 Å². The van der Waals surface area contributed by atoms with Gasteiger partial charge in [-0.05, 0) is 40.2 Å². The Morgan fingerprint density at radius 2 is 1.88 bits per heavy atom. The number of alkyl halides is 3. The lowest BCUT2D eigenvalue weighted by atomic mass is 9.89. The van der Waals surface area contributed by atoms with Gasteiger partial charge < -0.3 is 24.5 Å². The summed E-state index contributed by atoms with van der Waals surface area (Å²) in [6.07, 6.45) is -4.35. The monoisotopic (exact) mass is 496 g/mol. The maximum atomic E-state index is 14.4. The summed E-state index contributed by atoms with van der Waals surface area (Å²) in [5.41, 5.74) is -2.27. The molecule has 0 amide bonds. The number of hydrogen-bond donors (Lipinski definition) is 2. The minimum Gasteiger partial charge on any atom is -0.423 e. The molecule has 2 aromatic heterocycles. The smallest absolute Gasteiger partial charge is 0.418 e. The largest absolute Gasteiger partial charge is 0.423 e. The van der Waals surface area contributed by atoms with Crippen LogP contribution in [0.1, 0.15) is 45.8 Å². The van der Waals surface area contributed by atoms with Crippen LogP contribution in [0.5, 0.6) is 0 Å². The number of oxazole rings is 1. The van der Waals surface area contributed by atoms with Crippen molar-refractivity contribution < 1.29 is 27.4 Å². The van der Waals surface area contributed by atoms with Gasteiger partial charge >= 0.3 is 6.18 Å². The number of rotatable bonds is 6. The Balaban J connectivity index is 1.64. The van der Waals surface area contributed by atoms with Crippen molar-refractivity contribution in [3.63, 3.8) is 0 Å². The highest BCUT2D eigenvalue weighted by Crippen LogP contribution is 2.46. The third-order valence-electron chi connectivity index (χ3n) is 6.88. The third-order valence-corrected chi connectivity index (χ3v) is 7.69. The number of fused-ring (bicyclic) bond motifs is 3. The second-order valence-corrected chi connectivity index (χ2v) is 10.9. The molecule has 0 saturated carbocycles. The van der Waals surface area contributed by atoms with E-state index < -0.39 is 23.5 Å². The van der Waals surface area contributed by atoms with E-state index in [2.05, 4.69) is 15.3 Å². The summed E-state index contributed by atoms with van der Waals surface area (Å²) >= 11 is 1.37. The van der Waals surface area contributed by atoms with Gasteiger partial charge in [0, 0.05) is 42.3 Å². The van der Waals surface area contributed by atoms with Crippen LogP contribution in [0, 0.1) is 0 Å². The first-order valence-corrected chi connectivity index (χ1v) is 12.0. The zero-order valence-corrected chi connectivity index (χ0v) is 20.1. The van der Waals surface area contributed by atoms with Gasteiger partial charge in [0.05, 0.1) is 16.8 Å². The molecule has 2 bridgehead atoms. The molecule has 7 nitrogen and oxygen atoms in total. The van der Waals surface area contributed by atoms with Crippen molar-refractivity contribution in [2.24, 2.45) is 0 Å². The van der Waals surface area contributed by atoms with E-state index in [4.69, 9.17) is 9.15 Å². The summed E-state index contributed by atoms with van der Waals surface area (Å²) < 4.78 is 54.7. The van der Waals surface area contributed by atoms with Crippen LogP contribution in [0.2, 0.25) is 0 Å². The van der Waals surface area contributed by atoms with E-state index in [1.807, 2.05) is 4.90 Å². The van der Waals surface area contributed by atoms with Crippen molar-refractivity contribution in [1.82, 2.24) is 15.3 Å². The number of piperidine rings is 1. The van der Waals surface area contributed by atoms with E-state index in [9.17, 15) is 18.3 Å². The van der Waals surface area contributed by atoms with Gasteiger partial charge in [0.1, 0.15) is 10.5 Å². The van der Waals surface area contributed by atoms with Gasteiger partial charge in [-0.1, -0.05) is 6.07 Å². The third kappa shape index (κ3) is 4.08. The summed E-state index contributed by atoms with van der Waals surface area (Å²) in [6.45, 7) is 7.07. The standard InChI is InChI=1S/C23H27F3N4O3S/c1-21(2,31)22(3,4)33-18(23(24,25)26)14-5-6-15(19-27-7-8-34-19)17-16(14)29-20(32-17)30-10-12-9-13(11-30)28-12/h5-8,12-13,18,28,31H,9-11H2,1-4H3. The van der Waals surface area contributed by atoms with Crippen molar-refractivity contribution in [2.75, 3.05) is 18.0 Å². The van der Waals surface area contributed by atoms with Crippen molar-refractivity contribution in [2.45, 2.75) is 69.7 Å². The normalized spacial score (nSPS) is 22.2. The first-order chi connectivity index (χ1) is 15.8. The fourth-order valence-corrected chi connectivity index (χ4v) is 4.96. The Morgan fingerprint density at radius 3 is 2.44 bits per heavy atom. The molecule has 3 aromatic rings. The number of nitrogens with zero attached hydrogens (tertiary/aromatic N) is 3. The first-order valence-electron chi connectivity index (χ1n) is 11.1. The molecule has 3 aliphatic rings. The average Bonchev–Trinajstić information content (AvgIpc) is 3.40. The number of halogens is 3. The Kier molecular flexibility index (Phi) is 5.47. The van der Waals surface area contributed by atoms with Crippen LogP contribution in [-0.2, 0) is 4.74 Å². The molecule has 11 heteroatoms. The molecule has 1 aromatic carbocycles. The SMILES string of the molecule is CC(C)(O)C(C)(C)OC(c1ccc(-c2nccs2)c2oc(N3CC4CC(C3)N4)nc12)C(F)(F)F. The Labute approximate surface area is 198 Å². The van der Waals surface area contributed by atoms with Gasteiger partial charge in [0.25, 0.3) is 6.01 Å². The highest BCUT2D eigenvalue weighted by molar-refractivity contribution is 7.13. The van der Waals surface area contributed by atoms with Crippen LogP contribution in [0.4, 0.5) is 19.2 Å². The van der Waals surface area contributed by atoms with Gasteiger partial charge in [0.2, 0.25) is 0 Å². The van der Waals surface area contributed by atoms with E-state index in [1.165, 1.54) is 45.1 Å². The average molecular weight is 497 g/mol. The Bertz CT molecular complexity index is 1170. The Hall–Kier alpha value is -2.21. The fourth-order valence-electron chi connectivity index (χ4n) is 4.30. The van der Waals surface area contributed by atoms with Gasteiger partial charge in [-0.15, -0.1) is 11.3 Å². The van der Waals surface area contributed by atoms with E-state index in [0.29, 0.717) is 41.8 Å². The second kappa shape index (κ2) is 7.91. The molecule has 184 valence electrons. The van der Waals surface area contributed by atoms with Crippen LogP contribution in [-0.4, -0.2) is 57.6 Å². The molecule has 3 unspecified atom stereocenters. The second-order valence-electron chi connectivity index (χ2n) is 10.0.